The summed E-state index contributed by atoms with van der Waals surface area (Å²) in [6, 6.07) is -0.869. The number of rotatable bonds is 52. The van der Waals surface area contributed by atoms with Crippen molar-refractivity contribution in [2.45, 2.75) is 257 Å². The number of unbranched alkanes of at least 4 members (excludes halogenated alkanes) is 27. The fourth-order valence-corrected chi connectivity index (χ4v) is 8.82. The van der Waals surface area contributed by atoms with Gasteiger partial charge in [-0.2, -0.15) is 0 Å². The molecule has 0 aromatic carbocycles. The summed E-state index contributed by atoms with van der Waals surface area (Å²) in [6.07, 6.45) is 72.5. The minimum atomic E-state index is -4.36. The van der Waals surface area contributed by atoms with E-state index in [2.05, 4.69) is 92.1 Å². The average Bonchev–Trinajstić information content (AvgIpc) is 3.32. The van der Waals surface area contributed by atoms with Gasteiger partial charge in [-0.05, 0) is 77.0 Å². The summed E-state index contributed by atoms with van der Waals surface area (Å²) < 4.78 is 23.7. The molecule has 3 N–H and O–H groups in total. The molecule has 0 spiro atoms. The minimum Gasteiger partial charge on any atom is -0.387 e. The van der Waals surface area contributed by atoms with E-state index in [0.29, 0.717) is 17.4 Å². The zero-order valence-electron chi connectivity index (χ0n) is 46.2. The lowest BCUT2D eigenvalue weighted by Gasteiger charge is -2.25. The van der Waals surface area contributed by atoms with Crippen molar-refractivity contribution in [2.24, 2.45) is 0 Å². The van der Waals surface area contributed by atoms with Crippen LogP contribution < -0.4 is 5.32 Å². The van der Waals surface area contributed by atoms with Gasteiger partial charge in [-0.3, -0.25) is 13.8 Å². The molecule has 8 nitrogen and oxygen atoms in total. The number of phosphoric acid groups is 1. The number of amides is 1. The smallest absolute Gasteiger partial charge is 0.387 e. The Morgan fingerprint density at radius 2 is 0.871 bits per heavy atom. The van der Waals surface area contributed by atoms with E-state index < -0.39 is 20.0 Å². The van der Waals surface area contributed by atoms with Gasteiger partial charge in [-0.1, -0.05) is 247 Å². The Morgan fingerprint density at radius 3 is 1.31 bits per heavy atom. The minimum absolute atomic E-state index is 0.0531. The van der Waals surface area contributed by atoms with Crippen LogP contribution in [0.1, 0.15) is 245 Å². The third-order valence-electron chi connectivity index (χ3n) is 12.6. The number of carbonyl (C=O) groups excluding carboxylic acids is 1. The zero-order valence-corrected chi connectivity index (χ0v) is 47.1. The van der Waals surface area contributed by atoms with Gasteiger partial charge in [0.15, 0.2) is 0 Å². The highest BCUT2D eigenvalue weighted by Crippen LogP contribution is 2.43. The van der Waals surface area contributed by atoms with Gasteiger partial charge >= 0.3 is 7.82 Å². The number of nitrogens with one attached hydrogen (secondary N) is 1. The molecule has 0 aromatic heterocycles. The molecule has 406 valence electrons. The molecule has 0 fully saturated rings. The van der Waals surface area contributed by atoms with Gasteiger partial charge in [0.05, 0.1) is 39.9 Å². The highest BCUT2D eigenvalue weighted by Gasteiger charge is 2.27. The van der Waals surface area contributed by atoms with Crippen molar-refractivity contribution in [3.63, 3.8) is 0 Å². The highest BCUT2D eigenvalue weighted by molar-refractivity contribution is 7.47. The Kier molecular flexibility index (Phi) is 49.9. The third kappa shape index (κ3) is 53.5. The van der Waals surface area contributed by atoms with Crippen molar-refractivity contribution in [3.05, 3.63) is 85.1 Å². The van der Waals surface area contributed by atoms with Crippen LogP contribution in [0.2, 0.25) is 0 Å². The highest BCUT2D eigenvalue weighted by atomic mass is 31.2. The van der Waals surface area contributed by atoms with Gasteiger partial charge in [0.2, 0.25) is 5.91 Å². The third-order valence-corrected chi connectivity index (χ3v) is 13.6. The fraction of sp³-hybridized carbons (Fsp3) is 0.754. The summed E-state index contributed by atoms with van der Waals surface area (Å²) >= 11 is 0. The molecule has 0 aliphatic rings. The standard InChI is InChI=1S/C61H111N2O6P/c1-6-8-10-12-14-16-18-20-22-24-26-27-28-29-30-31-32-33-34-35-37-39-41-43-45-47-49-51-53-55-61(65)62-59(58-69-70(66,67)68-57-56-63(3,4)5)60(64)54-52-50-48-46-44-42-40-38-36-25-23-21-19-17-15-13-11-9-7-2/h8,10,14,16,20,22,26-27,29-30,44,46,52,54,59-60,64H,6-7,9,11-13,15,17-19,21,23-25,28,31-43,45,47-51,53,55-58H2,1-5H3,(H-,62,65,66,67)/p+1/b10-8-,16-14-,22-20-,27-26-,30-29-,46-44+,54-52+. The number of phosphoric ester groups is 1. The first-order chi connectivity index (χ1) is 34.0. The van der Waals surface area contributed by atoms with Crippen LogP contribution in [-0.2, 0) is 18.4 Å². The fourth-order valence-electron chi connectivity index (χ4n) is 8.09. The van der Waals surface area contributed by atoms with Crippen molar-refractivity contribution < 1.29 is 32.9 Å². The largest absolute Gasteiger partial charge is 0.472 e. The zero-order chi connectivity index (χ0) is 51.3. The van der Waals surface area contributed by atoms with Gasteiger partial charge in [0, 0.05) is 6.42 Å². The summed E-state index contributed by atoms with van der Waals surface area (Å²) in [5.74, 6) is -0.190. The Bertz CT molecular complexity index is 1410. The van der Waals surface area contributed by atoms with Crippen LogP contribution in [0.4, 0.5) is 0 Å². The molecule has 3 unspecified atom stereocenters. The van der Waals surface area contributed by atoms with Crippen LogP contribution >= 0.6 is 7.82 Å². The van der Waals surface area contributed by atoms with Crippen LogP contribution in [0.15, 0.2) is 85.1 Å². The average molecular weight is 1000 g/mol. The number of likely N-dealkylation sites (N-methyl/N-ethyl adjacent to an activating group) is 1. The number of nitrogens with zero attached hydrogens (tertiary/aromatic N) is 1. The molecular formula is C61H112N2O6P+. The summed E-state index contributed by atoms with van der Waals surface area (Å²) in [5, 5.41) is 13.9. The lowest BCUT2D eigenvalue weighted by atomic mass is 10.0. The Hall–Kier alpha value is -2.32. The van der Waals surface area contributed by atoms with E-state index in [9.17, 15) is 19.4 Å². The van der Waals surface area contributed by atoms with Crippen molar-refractivity contribution in [1.82, 2.24) is 5.32 Å². The number of quaternary nitrogens is 1. The van der Waals surface area contributed by atoms with Crippen molar-refractivity contribution in [1.29, 1.82) is 0 Å². The quantitative estimate of drug-likeness (QED) is 0.0243. The van der Waals surface area contributed by atoms with Crippen LogP contribution in [-0.4, -0.2) is 73.4 Å². The monoisotopic (exact) mass is 1000 g/mol. The maximum atomic E-state index is 13.0. The topological polar surface area (TPSA) is 105 Å². The van der Waals surface area contributed by atoms with Crippen LogP contribution in [0, 0.1) is 0 Å². The Morgan fingerprint density at radius 1 is 0.500 bits per heavy atom. The van der Waals surface area contributed by atoms with E-state index in [-0.39, 0.29) is 19.1 Å². The molecule has 9 heteroatoms. The van der Waals surface area contributed by atoms with Crippen molar-refractivity contribution in [3.8, 4) is 0 Å². The van der Waals surface area contributed by atoms with Gasteiger partial charge in [-0.25, -0.2) is 4.57 Å². The van der Waals surface area contributed by atoms with E-state index in [1.165, 1.54) is 154 Å². The predicted molar refractivity (Wildman–Crippen MR) is 304 cm³/mol. The first-order valence-electron chi connectivity index (χ1n) is 29.0. The molecule has 1 amide bonds. The lowest BCUT2D eigenvalue weighted by molar-refractivity contribution is -0.870. The number of hydrogen-bond acceptors (Lipinski definition) is 5. The molecule has 0 rings (SSSR count). The number of hydrogen-bond donors (Lipinski definition) is 3. The van der Waals surface area contributed by atoms with Gasteiger partial charge in [0.25, 0.3) is 0 Å². The second-order valence-electron chi connectivity index (χ2n) is 20.6. The van der Waals surface area contributed by atoms with Crippen molar-refractivity contribution >= 4 is 13.7 Å². The van der Waals surface area contributed by atoms with Gasteiger partial charge < -0.3 is 19.8 Å². The van der Waals surface area contributed by atoms with Gasteiger partial charge in [-0.15, -0.1) is 0 Å². The Labute approximate surface area is 433 Å². The lowest BCUT2D eigenvalue weighted by Crippen LogP contribution is -2.45. The predicted octanol–water partition coefficient (Wildman–Crippen LogP) is 17.6. The first-order valence-corrected chi connectivity index (χ1v) is 30.5. The summed E-state index contributed by atoms with van der Waals surface area (Å²) in [4.78, 5) is 23.3. The normalized spacial score (nSPS) is 14.6. The van der Waals surface area contributed by atoms with E-state index >= 15 is 0 Å². The van der Waals surface area contributed by atoms with E-state index in [0.717, 1.165) is 70.6 Å². The molecule has 0 saturated carbocycles. The number of allylic oxidation sites excluding steroid dienone is 13. The molecule has 0 aliphatic heterocycles. The number of aliphatic hydroxyl groups excluding tert-OH is 1. The molecule has 0 aliphatic carbocycles. The first kappa shape index (κ1) is 67.7. The van der Waals surface area contributed by atoms with Gasteiger partial charge in [0.1, 0.15) is 13.2 Å². The molecule has 0 bridgehead atoms. The Balaban J connectivity index is 4.22. The maximum absolute atomic E-state index is 13.0. The molecule has 0 heterocycles. The molecule has 0 aromatic rings. The summed E-state index contributed by atoms with van der Waals surface area (Å²) in [6.45, 7) is 4.69. The van der Waals surface area contributed by atoms with E-state index in [1.807, 2.05) is 27.2 Å². The molecule has 0 radical (unpaired) electrons. The number of carbonyl (C=O) groups is 1. The van der Waals surface area contributed by atoms with E-state index in [1.54, 1.807) is 6.08 Å². The molecular weight excluding hydrogens is 888 g/mol. The second-order valence-corrected chi connectivity index (χ2v) is 22.1. The molecule has 0 saturated heterocycles. The maximum Gasteiger partial charge on any atom is 0.472 e. The van der Waals surface area contributed by atoms with E-state index in [4.69, 9.17) is 9.05 Å². The molecule has 70 heavy (non-hydrogen) atoms. The van der Waals surface area contributed by atoms with Crippen LogP contribution in [0.25, 0.3) is 0 Å². The number of aliphatic hydroxyl groups is 1. The summed E-state index contributed by atoms with van der Waals surface area (Å²) in [7, 11) is 1.55. The van der Waals surface area contributed by atoms with Crippen LogP contribution in [0.5, 0.6) is 0 Å². The molecule has 3 atom stereocenters. The SMILES string of the molecule is CC/C=C\C/C=C\C/C=C\C/C=C\C/C=C\CCCCCCCCCCCCCCCC(=O)NC(COP(=O)(O)OCC[N+](C)(C)C)C(O)/C=C/CC/C=C/CCCCCCCCCCCCCCC. The summed E-state index contributed by atoms with van der Waals surface area (Å²) in [5.41, 5.74) is 0. The second kappa shape index (κ2) is 51.6. The van der Waals surface area contributed by atoms with Crippen molar-refractivity contribution in [2.75, 3.05) is 40.9 Å². The van der Waals surface area contributed by atoms with Crippen LogP contribution in [0.3, 0.4) is 0 Å².